The molecule has 106 valence electrons. The number of fused-ring (bicyclic) bond motifs is 1. The van der Waals surface area contributed by atoms with Gasteiger partial charge in [0.1, 0.15) is 0 Å². The summed E-state index contributed by atoms with van der Waals surface area (Å²) in [6, 6.07) is 14.6. The molecule has 0 saturated heterocycles. The first-order valence-electron chi connectivity index (χ1n) is 6.61. The lowest BCUT2D eigenvalue weighted by Crippen LogP contribution is -2.24. The van der Waals surface area contributed by atoms with Crippen LogP contribution in [0.15, 0.2) is 53.3 Å². The largest absolute Gasteiger partial charge is 0.366 e. The van der Waals surface area contributed by atoms with Crippen molar-refractivity contribution in [2.24, 2.45) is 12.8 Å². The van der Waals surface area contributed by atoms with E-state index in [-0.39, 0.29) is 5.69 Å². The van der Waals surface area contributed by atoms with Crippen molar-refractivity contribution < 1.29 is 4.79 Å². The van der Waals surface area contributed by atoms with E-state index in [0.29, 0.717) is 12.1 Å². The molecule has 2 N–H and O–H groups in total. The number of para-hydroxylation sites is 2. The van der Waals surface area contributed by atoms with E-state index >= 15 is 0 Å². The highest BCUT2D eigenvalue weighted by Crippen LogP contribution is 2.15. The summed E-state index contributed by atoms with van der Waals surface area (Å²) in [5.41, 5.74) is 8.16. The summed E-state index contributed by atoms with van der Waals surface area (Å²) in [5, 5.41) is 0. The summed E-state index contributed by atoms with van der Waals surface area (Å²) in [5.74, 6) is -0.487. The van der Waals surface area contributed by atoms with Crippen LogP contribution in [0.2, 0.25) is 0 Å². The smallest absolute Gasteiger partial charge is 0.329 e. The van der Waals surface area contributed by atoms with Gasteiger partial charge in [0.2, 0.25) is 5.91 Å². The highest BCUT2D eigenvalue weighted by molar-refractivity contribution is 5.94. The van der Waals surface area contributed by atoms with Crippen LogP contribution < -0.4 is 11.4 Å². The Morgan fingerprint density at radius 3 is 2.38 bits per heavy atom. The first-order chi connectivity index (χ1) is 10.1. The summed E-state index contributed by atoms with van der Waals surface area (Å²) >= 11 is 0. The quantitative estimate of drug-likeness (QED) is 0.790. The number of nitrogens with two attached hydrogens (primary N) is 1. The number of rotatable bonds is 3. The number of hydrogen-bond donors (Lipinski definition) is 1. The lowest BCUT2D eigenvalue weighted by atomic mass is 10.1. The molecular formula is C16H15N3O2. The van der Waals surface area contributed by atoms with E-state index in [0.717, 1.165) is 16.6 Å². The van der Waals surface area contributed by atoms with Gasteiger partial charge in [-0.15, -0.1) is 0 Å². The van der Waals surface area contributed by atoms with E-state index in [1.165, 1.54) is 0 Å². The number of imidazole rings is 1. The van der Waals surface area contributed by atoms with Gasteiger partial charge in [0.15, 0.2) is 0 Å². The molecule has 1 heterocycles. The molecule has 0 atom stereocenters. The van der Waals surface area contributed by atoms with Gasteiger partial charge in [-0.1, -0.05) is 30.3 Å². The van der Waals surface area contributed by atoms with Gasteiger partial charge in [-0.25, -0.2) is 4.79 Å². The molecule has 0 aliphatic heterocycles. The predicted octanol–water partition coefficient (Wildman–Crippen LogP) is 1.49. The number of carbonyl (C=O) groups excluding carboxylic acids is 1. The first kappa shape index (κ1) is 13.2. The molecule has 0 aliphatic rings. The van der Waals surface area contributed by atoms with Crippen molar-refractivity contribution in [3.63, 3.8) is 0 Å². The average molecular weight is 281 g/mol. The molecule has 0 bridgehead atoms. The molecule has 5 nitrogen and oxygen atoms in total. The van der Waals surface area contributed by atoms with E-state index in [2.05, 4.69) is 0 Å². The summed E-state index contributed by atoms with van der Waals surface area (Å²) in [4.78, 5) is 23.9. The Morgan fingerprint density at radius 2 is 1.67 bits per heavy atom. The standard InChI is InChI=1S/C16H15N3O2/c1-18-13-8-4-5-9-14(13)19(16(18)21)10-11-6-2-3-7-12(11)15(17)20/h2-9H,10H2,1H3,(H2,17,20). The van der Waals surface area contributed by atoms with Crippen LogP contribution in [0.5, 0.6) is 0 Å². The maximum Gasteiger partial charge on any atom is 0.329 e. The van der Waals surface area contributed by atoms with Crippen LogP contribution in [0.25, 0.3) is 11.0 Å². The molecule has 1 amide bonds. The Kier molecular flexibility index (Phi) is 3.10. The minimum absolute atomic E-state index is 0.115. The molecule has 0 aliphatic carbocycles. The second-order valence-electron chi connectivity index (χ2n) is 4.94. The molecule has 0 saturated carbocycles. The fourth-order valence-corrected chi connectivity index (χ4v) is 2.58. The minimum atomic E-state index is -0.487. The Balaban J connectivity index is 2.18. The summed E-state index contributed by atoms with van der Waals surface area (Å²) in [7, 11) is 1.74. The van der Waals surface area contributed by atoms with Gasteiger partial charge in [-0.3, -0.25) is 13.9 Å². The van der Waals surface area contributed by atoms with Crippen molar-refractivity contribution in [1.29, 1.82) is 0 Å². The molecular weight excluding hydrogens is 266 g/mol. The lowest BCUT2D eigenvalue weighted by Gasteiger charge is -2.07. The van der Waals surface area contributed by atoms with Gasteiger partial charge in [-0.2, -0.15) is 0 Å². The van der Waals surface area contributed by atoms with Crippen molar-refractivity contribution in [3.8, 4) is 0 Å². The molecule has 3 rings (SSSR count). The molecule has 3 aromatic rings. The number of amides is 1. The maximum atomic E-state index is 12.4. The minimum Gasteiger partial charge on any atom is -0.366 e. The molecule has 5 heteroatoms. The van der Waals surface area contributed by atoms with Crippen LogP contribution in [0.3, 0.4) is 0 Å². The number of aryl methyl sites for hydroxylation is 1. The SMILES string of the molecule is Cn1c(=O)n(Cc2ccccc2C(N)=O)c2ccccc21. The zero-order chi connectivity index (χ0) is 15.0. The van der Waals surface area contributed by atoms with E-state index in [1.807, 2.05) is 36.4 Å². The monoisotopic (exact) mass is 281 g/mol. The van der Waals surface area contributed by atoms with Gasteiger partial charge in [-0.05, 0) is 23.8 Å². The van der Waals surface area contributed by atoms with E-state index in [4.69, 9.17) is 5.73 Å². The zero-order valence-electron chi connectivity index (χ0n) is 11.6. The van der Waals surface area contributed by atoms with E-state index < -0.39 is 5.91 Å². The highest BCUT2D eigenvalue weighted by Gasteiger charge is 2.13. The molecule has 21 heavy (non-hydrogen) atoms. The van der Waals surface area contributed by atoms with Crippen LogP contribution in [0.4, 0.5) is 0 Å². The third-order valence-corrected chi connectivity index (χ3v) is 3.66. The Labute approximate surface area is 121 Å². The summed E-state index contributed by atoms with van der Waals surface area (Å²) in [6.45, 7) is 0.319. The van der Waals surface area contributed by atoms with Crippen LogP contribution in [-0.4, -0.2) is 15.0 Å². The van der Waals surface area contributed by atoms with Gasteiger partial charge < -0.3 is 5.73 Å². The average Bonchev–Trinajstić information content (AvgIpc) is 2.73. The Bertz CT molecular complexity index is 890. The highest BCUT2D eigenvalue weighted by atomic mass is 16.2. The van der Waals surface area contributed by atoms with Gasteiger partial charge in [0.05, 0.1) is 17.6 Å². The van der Waals surface area contributed by atoms with Crippen molar-refractivity contribution >= 4 is 16.9 Å². The van der Waals surface area contributed by atoms with Crippen molar-refractivity contribution in [2.75, 3.05) is 0 Å². The van der Waals surface area contributed by atoms with Crippen molar-refractivity contribution in [1.82, 2.24) is 9.13 Å². The summed E-state index contributed by atoms with van der Waals surface area (Å²) < 4.78 is 3.25. The fourth-order valence-electron chi connectivity index (χ4n) is 2.58. The number of nitrogens with zero attached hydrogens (tertiary/aromatic N) is 2. The third-order valence-electron chi connectivity index (χ3n) is 3.66. The molecule has 2 aromatic carbocycles. The molecule has 0 radical (unpaired) electrons. The van der Waals surface area contributed by atoms with E-state index in [1.54, 1.807) is 28.3 Å². The number of aromatic nitrogens is 2. The lowest BCUT2D eigenvalue weighted by molar-refractivity contribution is 0.0999. The number of hydrogen-bond acceptors (Lipinski definition) is 2. The maximum absolute atomic E-state index is 12.4. The molecule has 0 fully saturated rings. The molecule has 1 aromatic heterocycles. The topological polar surface area (TPSA) is 70.0 Å². The van der Waals surface area contributed by atoms with Crippen LogP contribution in [0.1, 0.15) is 15.9 Å². The predicted molar refractivity (Wildman–Crippen MR) is 81.2 cm³/mol. The number of primary amides is 1. The first-order valence-corrected chi connectivity index (χ1v) is 6.61. The fraction of sp³-hybridized carbons (Fsp3) is 0.125. The van der Waals surface area contributed by atoms with Crippen molar-refractivity contribution in [3.05, 3.63) is 70.1 Å². The second kappa shape index (κ2) is 4.94. The Morgan fingerprint density at radius 1 is 1.05 bits per heavy atom. The summed E-state index contributed by atoms with van der Waals surface area (Å²) in [6.07, 6.45) is 0. The van der Waals surface area contributed by atoms with Crippen LogP contribution in [0, 0.1) is 0 Å². The van der Waals surface area contributed by atoms with Gasteiger partial charge in [0.25, 0.3) is 0 Å². The van der Waals surface area contributed by atoms with Gasteiger partial charge >= 0.3 is 5.69 Å². The molecule has 0 spiro atoms. The van der Waals surface area contributed by atoms with Gasteiger partial charge in [0, 0.05) is 12.6 Å². The zero-order valence-corrected chi connectivity index (χ0v) is 11.6. The number of benzene rings is 2. The normalized spacial score (nSPS) is 10.9. The van der Waals surface area contributed by atoms with E-state index in [9.17, 15) is 9.59 Å². The number of carbonyl (C=O) groups is 1. The molecule has 0 unspecified atom stereocenters. The van der Waals surface area contributed by atoms with Crippen molar-refractivity contribution in [2.45, 2.75) is 6.54 Å². The third kappa shape index (κ3) is 2.12. The van der Waals surface area contributed by atoms with Crippen LogP contribution in [-0.2, 0) is 13.6 Å². The van der Waals surface area contributed by atoms with Crippen LogP contribution >= 0.6 is 0 Å². The Hall–Kier alpha value is -2.82. The second-order valence-corrected chi connectivity index (χ2v) is 4.94.